The van der Waals surface area contributed by atoms with Gasteiger partial charge in [0.2, 0.25) is 5.95 Å². The number of amides is 1. The average molecular weight is 403 g/mol. The lowest BCUT2D eigenvalue weighted by Gasteiger charge is -2.36. The molecule has 2 aromatic carbocycles. The van der Waals surface area contributed by atoms with Gasteiger partial charge in [-0.15, -0.1) is 0 Å². The van der Waals surface area contributed by atoms with Crippen LogP contribution in [0.1, 0.15) is 6.92 Å². The molecule has 1 aromatic heterocycles. The van der Waals surface area contributed by atoms with Gasteiger partial charge in [-0.1, -0.05) is 36.4 Å². The Kier molecular flexibility index (Phi) is 6.08. The fourth-order valence-electron chi connectivity index (χ4n) is 3.35. The van der Waals surface area contributed by atoms with Crippen molar-refractivity contribution in [2.24, 2.45) is 0 Å². The number of benzene rings is 2. The lowest BCUT2D eigenvalue weighted by molar-refractivity contribution is -0.122. The Morgan fingerprint density at radius 2 is 1.47 bits per heavy atom. The highest BCUT2D eigenvalue weighted by atomic mass is 16.5. The van der Waals surface area contributed by atoms with Crippen LogP contribution in [0, 0.1) is 0 Å². The lowest BCUT2D eigenvalue weighted by atomic mass is 10.2. The number of hydrogen-bond donors (Lipinski definition) is 1. The molecule has 3 aromatic rings. The quantitative estimate of drug-likeness (QED) is 0.682. The minimum absolute atomic E-state index is 0.244. The van der Waals surface area contributed by atoms with Crippen molar-refractivity contribution in [2.45, 2.75) is 13.0 Å². The Balaban J connectivity index is 1.29. The molecule has 1 fully saturated rings. The van der Waals surface area contributed by atoms with Gasteiger partial charge >= 0.3 is 0 Å². The second-order valence-electron chi connectivity index (χ2n) is 7.14. The van der Waals surface area contributed by atoms with Crippen molar-refractivity contribution in [3.63, 3.8) is 0 Å². The molecule has 7 heteroatoms. The van der Waals surface area contributed by atoms with Gasteiger partial charge in [0.05, 0.1) is 18.1 Å². The maximum absolute atomic E-state index is 12.4. The second-order valence-corrected chi connectivity index (χ2v) is 7.14. The fourth-order valence-corrected chi connectivity index (χ4v) is 3.35. The first-order valence-electron chi connectivity index (χ1n) is 10.1. The van der Waals surface area contributed by atoms with Crippen LogP contribution in [-0.2, 0) is 4.79 Å². The normalized spacial score (nSPS) is 14.8. The minimum atomic E-state index is -0.627. The van der Waals surface area contributed by atoms with Gasteiger partial charge in [-0.2, -0.15) is 0 Å². The van der Waals surface area contributed by atoms with Gasteiger partial charge in [0.25, 0.3) is 5.91 Å². The number of nitrogens with one attached hydrogen (secondary N) is 1. The molecule has 2 heterocycles. The van der Waals surface area contributed by atoms with Crippen molar-refractivity contribution in [3.8, 4) is 5.75 Å². The maximum atomic E-state index is 12.4. The van der Waals surface area contributed by atoms with Crippen LogP contribution in [0.2, 0.25) is 0 Å². The minimum Gasteiger partial charge on any atom is -0.481 e. The number of hydrogen-bond acceptors (Lipinski definition) is 6. The van der Waals surface area contributed by atoms with Crippen molar-refractivity contribution in [2.75, 3.05) is 41.3 Å². The van der Waals surface area contributed by atoms with E-state index in [1.165, 1.54) is 5.69 Å². The number of ether oxygens (including phenoxy) is 1. The third-order valence-corrected chi connectivity index (χ3v) is 5.01. The van der Waals surface area contributed by atoms with E-state index in [1.807, 2.05) is 36.4 Å². The summed E-state index contributed by atoms with van der Waals surface area (Å²) in [5, 5.41) is 2.80. The van der Waals surface area contributed by atoms with Crippen LogP contribution in [0.4, 0.5) is 17.3 Å². The molecule has 0 aliphatic carbocycles. The summed E-state index contributed by atoms with van der Waals surface area (Å²) >= 11 is 0. The third-order valence-electron chi connectivity index (χ3n) is 5.01. The molecule has 0 bridgehead atoms. The Morgan fingerprint density at radius 1 is 0.900 bits per heavy atom. The molecule has 1 aliphatic heterocycles. The number of carbonyl (C=O) groups excluding carboxylic acids is 1. The van der Waals surface area contributed by atoms with Gasteiger partial charge < -0.3 is 19.9 Å². The molecular weight excluding hydrogens is 378 g/mol. The Labute approximate surface area is 176 Å². The number of aromatic nitrogens is 2. The van der Waals surface area contributed by atoms with E-state index in [1.54, 1.807) is 19.3 Å². The number of anilines is 3. The van der Waals surface area contributed by atoms with Crippen molar-refractivity contribution in [1.82, 2.24) is 9.97 Å². The molecule has 154 valence electrons. The molecule has 1 N–H and O–H groups in total. The molecule has 4 rings (SSSR count). The largest absolute Gasteiger partial charge is 0.481 e. The van der Waals surface area contributed by atoms with Gasteiger partial charge in [-0.3, -0.25) is 4.79 Å². The van der Waals surface area contributed by atoms with Gasteiger partial charge in [0, 0.05) is 31.9 Å². The Morgan fingerprint density at radius 3 is 2.10 bits per heavy atom. The van der Waals surface area contributed by atoms with E-state index >= 15 is 0 Å². The summed E-state index contributed by atoms with van der Waals surface area (Å²) in [7, 11) is 0. The summed E-state index contributed by atoms with van der Waals surface area (Å²) in [6.45, 7) is 5.25. The smallest absolute Gasteiger partial charge is 0.265 e. The van der Waals surface area contributed by atoms with Crippen molar-refractivity contribution < 1.29 is 9.53 Å². The first-order chi connectivity index (χ1) is 14.7. The SMILES string of the molecule is C[C@@H](Oc1ccccc1)C(=O)Nc1cnc(N2CCN(c3ccccc3)CC2)nc1. The molecule has 7 nitrogen and oxygen atoms in total. The first kappa shape index (κ1) is 19.7. The summed E-state index contributed by atoms with van der Waals surface area (Å²) in [5.41, 5.74) is 1.79. The number of rotatable bonds is 6. The average Bonchev–Trinajstić information content (AvgIpc) is 2.81. The first-order valence-corrected chi connectivity index (χ1v) is 10.1. The fraction of sp³-hybridized carbons (Fsp3) is 0.261. The molecule has 1 saturated heterocycles. The number of piperazine rings is 1. The summed E-state index contributed by atoms with van der Waals surface area (Å²) < 4.78 is 5.65. The summed E-state index contributed by atoms with van der Waals surface area (Å²) in [4.78, 5) is 25.8. The molecule has 0 saturated carbocycles. The van der Waals surface area contributed by atoms with Crippen LogP contribution in [0.25, 0.3) is 0 Å². The number of para-hydroxylation sites is 2. The predicted molar refractivity (Wildman–Crippen MR) is 118 cm³/mol. The molecule has 1 atom stereocenters. The van der Waals surface area contributed by atoms with Gasteiger partial charge in [0.1, 0.15) is 5.75 Å². The van der Waals surface area contributed by atoms with E-state index in [9.17, 15) is 4.79 Å². The van der Waals surface area contributed by atoms with Crippen molar-refractivity contribution in [3.05, 3.63) is 73.1 Å². The molecular formula is C23H25N5O2. The summed E-state index contributed by atoms with van der Waals surface area (Å²) in [6, 6.07) is 19.7. The monoisotopic (exact) mass is 403 g/mol. The van der Waals surface area contributed by atoms with Crippen LogP contribution in [0.15, 0.2) is 73.1 Å². The van der Waals surface area contributed by atoms with E-state index < -0.39 is 6.10 Å². The van der Waals surface area contributed by atoms with Crippen LogP contribution in [-0.4, -0.2) is 48.2 Å². The van der Waals surface area contributed by atoms with E-state index in [4.69, 9.17) is 4.74 Å². The molecule has 30 heavy (non-hydrogen) atoms. The van der Waals surface area contributed by atoms with Crippen LogP contribution < -0.4 is 19.9 Å². The molecule has 1 amide bonds. The van der Waals surface area contributed by atoms with Gasteiger partial charge in [-0.05, 0) is 31.2 Å². The molecule has 1 aliphatic rings. The van der Waals surface area contributed by atoms with Crippen LogP contribution >= 0.6 is 0 Å². The summed E-state index contributed by atoms with van der Waals surface area (Å²) in [5.74, 6) is 1.09. The van der Waals surface area contributed by atoms with E-state index in [-0.39, 0.29) is 5.91 Å². The maximum Gasteiger partial charge on any atom is 0.265 e. The predicted octanol–water partition coefficient (Wildman–Crippen LogP) is 3.21. The summed E-state index contributed by atoms with van der Waals surface area (Å²) in [6.07, 6.45) is 2.65. The van der Waals surface area contributed by atoms with E-state index in [0.717, 1.165) is 26.2 Å². The van der Waals surface area contributed by atoms with Crippen LogP contribution in [0.5, 0.6) is 5.75 Å². The standard InChI is InChI=1S/C23H25N5O2/c1-18(30-21-10-6-3-7-11-21)22(29)26-19-16-24-23(25-17-19)28-14-12-27(13-15-28)20-8-4-2-5-9-20/h2-11,16-18H,12-15H2,1H3,(H,26,29)/t18-/m1/s1. The Bertz CT molecular complexity index is 942. The zero-order chi connectivity index (χ0) is 20.8. The topological polar surface area (TPSA) is 70.6 Å². The zero-order valence-corrected chi connectivity index (χ0v) is 16.9. The Hall–Kier alpha value is -3.61. The third kappa shape index (κ3) is 4.86. The van der Waals surface area contributed by atoms with Gasteiger partial charge in [-0.25, -0.2) is 9.97 Å². The number of carbonyl (C=O) groups is 1. The lowest BCUT2D eigenvalue weighted by Crippen LogP contribution is -2.47. The zero-order valence-electron chi connectivity index (χ0n) is 16.9. The number of nitrogens with zero attached hydrogens (tertiary/aromatic N) is 4. The van der Waals surface area contributed by atoms with Crippen molar-refractivity contribution >= 4 is 23.2 Å². The van der Waals surface area contributed by atoms with E-state index in [2.05, 4.69) is 49.4 Å². The second kappa shape index (κ2) is 9.26. The highest BCUT2D eigenvalue weighted by Crippen LogP contribution is 2.18. The van der Waals surface area contributed by atoms with Crippen LogP contribution in [0.3, 0.4) is 0 Å². The van der Waals surface area contributed by atoms with E-state index in [0.29, 0.717) is 17.4 Å². The van der Waals surface area contributed by atoms with Crippen molar-refractivity contribution in [1.29, 1.82) is 0 Å². The molecule has 0 radical (unpaired) electrons. The van der Waals surface area contributed by atoms with Gasteiger partial charge in [0.15, 0.2) is 6.10 Å². The molecule has 0 spiro atoms. The highest BCUT2D eigenvalue weighted by Gasteiger charge is 2.20. The molecule has 0 unspecified atom stereocenters. The highest BCUT2D eigenvalue weighted by molar-refractivity contribution is 5.93.